The molecule has 0 radical (unpaired) electrons. The first kappa shape index (κ1) is 27.7. The number of aromatic nitrogens is 7. The SMILES string of the molecule is CCCc1[nH]c(C(=O)NC(CC(=O)O)c2ccccc2Cl)cc1Cc1cnc(-c2ccccc2-c2nn[nH]n2)nc1. The van der Waals surface area contributed by atoms with Crippen molar-refractivity contribution in [3.63, 3.8) is 0 Å². The largest absolute Gasteiger partial charge is 0.481 e. The van der Waals surface area contributed by atoms with Gasteiger partial charge in [-0.05, 0) is 40.5 Å². The van der Waals surface area contributed by atoms with Crippen molar-refractivity contribution in [2.45, 2.75) is 38.6 Å². The number of tetrazole rings is 1. The van der Waals surface area contributed by atoms with Gasteiger partial charge in [0.2, 0.25) is 5.82 Å². The fourth-order valence-electron chi connectivity index (χ4n) is 4.65. The van der Waals surface area contributed by atoms with Crippen molar-refractivity contribution in [2.75, 3.05) is 0 Å². The average molecular weight is 571 g/mol. The molecular weight excluding hydrogens is 544 g/mol. The van der Waals surface area contributed by atoms with Crippen LogP contribution in [0, 0.1) is 0 Å². The fraction of sp³-hybridized carbons (Fsp3) is 0.207. The first-order valence-corrected chi connectivity index (χ1v) is 13.4. The number of carbonyl (C=O) groups excluding carboxylic acids is 1. The first-order chi connectivity index (χ1) is 19.9. The third-order valence-electron chi connectivity index (χ3n) is 6.56. The minimum absolute atomic E-state index is 0.301. The van der Waals surface area contributed by atoms with Crippen molar-refractivity contribution in [1.82, 2.24) is 40.9 Å². The molecule has 0 saturated heterocycles. The van der Waals surface area contributed by atoms with Crippen LogP contribution in [0.25, 0.3) is 22.8 Å². The van der Waals surface area contributed by atoms with Crippen LogP contribution < -0.4 is 5.32 Å². The fourth-order valence-corrected chi connectivity index (χ4v) is 4.92. The number of halogens is 1. The highest BCUT2D eigenvalue weighted by Crippen LogP contribution is 2.28. The van der Waals surface area contributed by atoms with Crippen LogP contribution in [0.5, 0.6) is 0 Å². The summed E-state index contributed by atoms with van der Waals surface area (Å²) in [7, 11) is 0. The maximum atomic E-state index is 13.3. The Balaban J connectivity index is 1.36. The number of hydrogen-bond acceptors (Lipinski definition) is 7. The predicted octanol–water partition coefficient (Wildman–Crippen LogP) is 4.79. The maximum Gasteiger partial charge on any atom is 0.305 e. The normalized spacial score (nSPS) is 11.8. The zero-order valence-electron chi connectivity index (χ0n) is 22.1. The zero-order chi connectivity index (χ0) is 28.8. The molecule has 2 aromatic carbocycles. The van der Waals surface area contributed by atoms with Gasteiger partial charge in [0.15, 0.2) is 5.82 Å². The average Bonchev–Trinajstić information content (AvgIpc) is 3.64. The molecule has 208 valence electrons. The summed E-state index contributed by atoms with van der Waals surface area (Å²) in [6.45, 7) is 2.06. The number of rotatable bonds is 11. The van der Waals surface area contributed by atoms with E-state index in [0.717, 1.165) is 40.8 Å². The Bertz CT molecular complexity index is 1650. The van der Waals surface area contributed by atoms with Crippen LogP contribution in [0.4, 0.5) is 0 Å². The molecular formula is C29H27ClN8O3. The third kappa shape index (κ3) is 6.47. The van der Waals surface area contributed by atoms with E-state index >= 15 is 0 Å². The van der Waals surface area contributed by atoms with Crippen molar-refractivity contribution >= 4 is 23.5 Å². The second-order valence-electron chi connectivity index (χ2n) is 9.45. The Hall–Kier alpha value is -4.90. The van der Waals surface area contributed by atoms with Crippen molar-refractivity contribution < 1.29 is 14.7 Å². The lowest BCUT2D eigenvalue weighted by molar-refractivity contribution is -0.137. The number of carbonyl (C=O) groups is 2. The Morgan fingerprint density at radius 2 is 1.73 bits per heavy atom. The summed E-state index contributed by atoms with van der Waals surface area (Å²) in [4.78, 5) is 37.2. The number of aliphatic carboxylic acids is 1. The van der Waals surface area contributed by atoms with Crippen LogP contribution >= 0.6 is 11.6 Å². The highest BCUT2D eigenvalue weighted by molar-refractivity contribution is 6.31. The molecule has 3 heterocycles. The summed E-state index contributed by atoms with van der Waals surface area (Å²) < 4.78 is 0. The molecule has 0 aliphatic carbocycles. The van der Waals surface area contributed by atoms with Crippen LogP contribution in [0.3, 0.4) is 0 Å². The number of amides is 1. The molecule has 3 aromatic heterocycles. The summed E-state index contributed by atoms with van der Waals surface area (Å²) in [5.74, 6) is -0.473. The van der Waals surface area contributed by atoms with E-state index < -0.39 is 17.9 Å². The van der Waals surface area contributed by atoms with Crippen LogP contribution in [-0.2, 0) is 17.6 Å². The number of benzene rings is 2. The quantitative estimate of drug-likeness (QED) is 0.176. The molecule has 5 aromatic rings. The lowest BCUT2D eigenvalue weighted by Crippen LogP contribution is -2.30. The van der Waals surface area contributed by atoms with Gasteiger partial charge < -0.3 is 15.4 Å². The Kier molecular flexibility index (Phi) is 8.44. The molecule has 0 aliphatic rings. The van der Waals surface area contributed by atoms with Crippen molar-refractivity contribution in [3.8, 4) is 22.8 Å². The van der Waals surface area contributed by atoms with E-state index in [1.807, 2.05) is 24.3 Å². The van der Waals surface area contributed by atoms with Gasteiger partial charge in [0.05, 0.1) is 12.5 Å². The van der Waals surface area contributed by atoms with E-state index in [1.165, 1.54) is 0 Å². The van der Waals surface area contributed by atoms with Crippen LogP contribution in [0.15, 0.2) is 67.0 Å². The number of nitrogens with one attached hydrogen (secondary N) is 3. The Labute approximate surface area is 240 Å². The molecule has 0 spiro atoms. The van der Waals surface area contributed by atoms with Gasteiger partial charge in [-0.3, -0.25) is 9.59 Å². The van der Waals surface area contributed by atoms with Crippen LogP contribution in [-0.4, -0.2) is 52.6 Å². The molecule has 11 nitrogen and oxygen atoms in total. The monoisotopic (exact) mass is 570 g/mol. The van der Waals surface area contributed by atoms with E-state index in [2.05, 4.69) is 47.8 Å². The number of carboxylic acid groups (broad SMARTS) is 1. The number of aryl methyl sites for hydroxylation is 1. The minimum atomic E-state index is -1.04. The lowest BCUT2D eigenvalue weighted by Gasteiger charge is -2.18. The predicted molar refractivity (Wildman–Crippen MR) is 152 cm³/mol. The summed E-state index contributed by atoms with van der Waals surface area (Å²) in [6.07, 6.45) is 5.34. The second kappa shape index (κ2) is 12.5. The van der Waals surface area contributed by atoms with Gasteiger partial charge in [0, 0.05) is 40.7 Å². The first-order valence-electron chi connectivity index (χ1n) is 13.0. The highest BCUT2D eigenvalue weighted by atomic mass is 35.5. The number of carboxylic acids is 1. The minimum Gasteiger partial charge on any atom is -0.481 e. The van der Waals surface area contributed by atoms with Gasteiger partial charge in [-0.15, -0.1) is 10.2 Å². The summed E-state index contributed by atoms with van der Waals surface area (Å²) in [5.41, 5.74) is 5.17. The second-order valence-corrected chi connectivity index (χ2v) is 9.86. The summed E-state index contributed by atoms with van der Waals surface area (Å²) >= 11 is 6.30. The number of aromatic amines is 2. The molecule has 1 unspecified atom stereocenters. The van der Waals surface area contributed by atoms with E-state index in [0.29, 0.717) is 34.3 Å². The topological polar surface area (TPSA) is 162 Å². The molecule has 0 bridgehead atoms. The maximum absolute atomic E-state index is 13.3. The van der Waals surface area contributed by atoms with Crippen LogP contribution in [0.1, 0.15) is 58.7 Å². The van der Waals surface area contributed by atoms with Crippen molar-refractivity contribution in [3.05, 3.63) is 100 Å². The number of nitrogens with zero attached hydrogens (tertiary/aromatic N) is 5. The molecule has 0 aliphatic heterocycles. The molecule has 12 heteroatoms. The molecule has 1 amide bonds. The Morgan fingerprint density at radius 3 is 2.39 bits per heavy atom. The third-order valence-corrected chi connectivity index (χ3v) is 6.90. The highest BCUT2D eigenvalue weighted by Gasteiger charge is 2.23. The van der Waals surface area contributed by atoms with Gasteiger partial charge in [0.25, 0.3) is 5.91 Å². The molecule has 4 N–H and O–H groups in total. The van der Waals surface area contributed by atoms with Gasteiger partial charge in [-0.1, -0.05) is 67.4 Å². The van der Waals surface area contributed by atoms with E-state index in [4.69, 9.17) is 11.6 Å². The van der Waals surface area contributed by atoms with Crippen molar-refractivity contribution in [1.29, 1.82) is 0 Å². The smallest absolute Gasteiger partial charge is 0.305 e. The molecule has 1 atom stereocenters. The van der Waals surface area contributed by atoms with Gasteiger partial charge in [-0.25, -0.2) is 9.97 Å². The zero-order valence-corrected chi connectivity index (χ0v) is 22.9. The molecule has 0 fully saturated rings. The van der Waals surface area contributed by atoms with E-state index in [9.17, 15) is 14.7 Å². The van der Waals surface area contributed by atoms with Crippen molar-refractivity contribution in [2.24, 2.45) is 0 Å². The van der Waals surface area contributed by atoms with Crippen LogP contribution in [0.2, 0.25) is 5.02 Å². The lowest BCUT2D eigenvalue weighted by atomic mass is 10.0. The molecule has 41 heavy (non-hydrogen) atoms. The van der Waals surface area contributed by atoms with Gasteiger partial charge in [0.1, 0.15) is 5.69 Å². The molecule has 0 saturated carbocycles. The van der Waals surface area contributed by atoms with E-state index in [1.54, 1.807) is 42.7 Å². The van der Waals surface area contributed by atoms with E-state index in [-0.39, 0.29) is 6.42 Å². The number of hydrogen-bond donors (Lipinski definition) is 4. The molecule has 5 rings (SSSR count). The standard InChI is InChI=1S/C29H27ClN8O3/c1-2-7-23-18(13-25(33-23)29(41)34-24(14-26(39)40)21-10-5-6-11-22(21)30)12-17-15-31-27(32-16-17)19-8-3-4-9-20(19)28-35-37-38-36-28/h3-6,8-11,13,15-16,24,33H,2,7,12,14H2,1H3,(H,34,41)(H,39,40)(H,35,36,37,38). The summed E-state index contributed by atoms with van der Waals surface area (Å²) in [6, 6.07) is 15.5. The Morgan fingerprint density at radius 1 is 1.02 bits per heavy atom. The van der Waals surface area contributed by atoms with Gasteiger partial charge >= 0.3 is 5.97 Å². The summed E-state index contributed by atoms with van der Waals surface area (Å²) in [5, 5.41) is 26.9. The number of H-pyrrole nitrogens is 2. The van der Waals surface area contributed by atoms with Gasteiger partial charge in [-0.2, -0.15) is 5.21 Å².